The number of esters is 1. The van der Waals surface area contributed by atoms with Crippen LogP contribution < -0.4 is 19.5 Å². The van der Waals surface area contributed by atoms with E-state index in [1.807, 2.05) is 36.4 Å². The van der Waals surface area contributed by atoms with E-state index in [0.717, 1.165) is 10.8 Å². The molecule has 34 heavy (non-hydrogen) atoms. The van der Waals surface area contributed by atoms with Gasteiger partial charge >= 0.3 is 5.97 Å². The fraction of sp³-hybridized carbons (Fsp3) is 0.250. The summed E-state index contributed by atoms with van der Waals surface area (Å²) in [5.41, 5.74) is 0.584. The van der Waals surface area contributed by atoms with E-state index in [1.165, 1.54) is 25.1 Å². The molecule has 1 atom stereocenters. The van der Waals surface area contributed by atoms with Crippen LogP contribution in [-0.2, 0) is 24.3 Å². The van der Waals surface area contributed by atoms with Crippen LogP contribution in [0.1, 0.15) is 13.3 Å². The fourth-order valence-corrected chi connectivity index (χ4v) is 4.39. The van der Waals surface area contributed by atoms with Gasteiger partial charge in [0.1, 0.15) is 6.54 Å². The Labute approximate surface area is 197 Å². The van der Waals surface area contributed by atoms with E-state index in [0.29, 0.717) is 36.8 Å². The van der Waals surface area contributed by atoms with E-state index in [1.54, 1.807) is 6.07 Å². The summed E-state index contributed by atoms with van der Waals surface area (Å²) in [5.74, 6) is -0.641. The van der Waals surface area contributed by atoms with Crippen molar-refractivity contribution in [3.05, 3.63) is 60.7 Å². The number of nitrogens with one attached hydrogen (secondary N) is 2. The zero-order valence-corrected chi connectivity index (χ0v) is 19.3. The van der Waals surface area contributed by atoms with E-state index in [9.17, 15) is 18.0 Å². The lowest BCUT2D eigenvalue weighted by atomic mass is 10.1. The summed E-state index contributed by atoms with van der Waals surface area (Å²) in [5, 5.41) is 4.54. The number of fused-ring (bicyclic) bond motifs is 2. The third-order valence-corrected chi connectivity index (χ3v) is 6.56. The van der Waals surface area contributed by atoms with Crippen molar-refractivity contribution in [2.24, 2.45) is 0 Å². The van der Waals surface area contributed by atoms with Gasteiger partial charge < -0.3 is 19.5 Å². The molecule has 0 radical (unpaired) electrons. The average Bonchev–Trinajstić information content (AvgIpc) is 3.08. The van der Waals surface area contributed by atoms with Crippen molar-refractivity contribution < 1.29 is 32.2 Å². The van der Waals surface area contributed by atoms with Crippen molar-refractivity contribution in [2.45, 2.75) is 24.3 Å². The lowest BCUT2D eigenvalue weighted by Crippen LogP contribution is -2.35. The van der Waals surface area contributed by atoms with Gasteiger partial charge in [0.05, 0.1) is 18.1 Å². The molecule has 10 heteroatoms. The molecule has 0 fully saturated rings. The zero-order valence-electron chi connectivity index (χ0n) is 18.4. The minimum atomic E-state index is -4.02. The first-order valence-electron chi connectivity index (χ1n) is 10.7. The van der Waals surface area contributed by atoms with Crippen LogP contribution in [0, 0.1) is 0 Å². The fourth-order valence-electron chi connectivity index (χ4n) is 3.41. The highest BCUT2D eigenvalue weighted by Crippen LogP contribution is 2.31. The van der Waals surface area contributed by atoms with E-state index < -0.39 is 34.5 Å². The Morgan fingerprint density at radius 1 is 1.00 bits per heavy atom. The molecule has 9 nitrogen and oxygen atoms in total. The molecule has 0 spiro atoms. The van der Waals surface area contributed by atoms with Crippen molar-refractivity contribution in [1.29, 1.82) is 0 Å². The number of sulfonamides is 1. The maximum atomic E-state index is 12.6. The monoisotopic (exact) mass is 484 g/mol. The van der Waals surface area contributed by atoms with Crippen LogP contribution in [-0.4, -0.2) is 46.2 Å². The number of hydrogen-bond acceptors (Lipinski definition) is 7. The molecule has 3 aromatic rings. The third kappa shape index (κ3) is 5.46. The predicted octanol–water partition coefficient (Wildman–Crippen LogP) is 2.85. The normalized spacial score (nSPS) is 14.1. The van der Waals surface area contributed by atoms with E-state index in [2.05, 4.69) is 10.0 Å². The SMILES string of the molecule is CC(OC(=O)CNS(=O)(=O)c1ccc2c(c1)OCCCO2)C(=O)Nc1cccc2ccccc12. The summed E-state index contributed by atoms with van der Waals surface area (Å²) < 4.78 is 43.5. The lowest BCUT2D eigenvalue weighted by Gasteiger charge is -2.15. The second-order valence-electron chi connectivity index (χ2n) is 7.63. The minimum Gasteiger partial charge on any atom is -0.490 e. The van der Waals surface area contributed by atoms with E-state index in [4.69, 9.17) is 14.2 Å². The van der Waals surface area contributed by atoms with E-state index in [-0.39, 0.29) is 4.90 Å². The van der Waals surface area contributed by atoms with Crippen LogP contribution in [0.3, 0.4) is 0 Å². The van der Waals surface area contributed by atoms with Gasteiger partial charge in [0, 0.05) is 23.6 Å². The first-order chi connectivity index (χ1) is 16.3. The summed E-state index contributed by atoms with van der Waals surface area (Å²) in [6, 6.07) is 17.2. The smallest absolute Gasteiger partial charge is 0.321 e. The van der Waals surface area contributed by atoms with Gasteiger partial charge in [-0.3, -0.25) is 9.59 Å². The number of rotatable bonds is 7. The molecular formula is C24H24N2O7S. The minimum absolute atomic E-state index is 0.0775. The Hall–Kier alpha value is -3.63. The maximum absolute atomic E-state index is 12.6. The Kier molecular flexibility index (Phi) is 6.99. The van der Waals surface area contributed by atoms with Gasteiger partial charge in [-0.15, -0.1) is 0 Å². The van der Waals surface area contributed by atoms with Crippen molar-refractivity contribution in [3.63, 3.8) is 0 Å². The first kappa shape index (κ1) is 23.5. The highest BCUT2D eigenvalue weighted by molar-refractivity contribution is 7.89. The Bertz CT molecular complexity index is 1320. The highest BCUT2D eigenvalue weighted by atomic mass is 32.2. The van der Waals surface area contributed by atoms with Crippen molar-refractivity contribution in [3.8, 4) is 11.5 Å². The molecule has 178 valence electrons. The van der Waals surface area contributed by atoms with Crippen LogP contribution in [0.15, 0.2) is 65.6 Å². The highest BCUT2D eigenvalue weighted by Gasteiger charge is 2.22. The van der Waals surface area contributed by atoms with Gasteiger partial charge in [0.2, 0.25) is 10.0 Å². The second kappa shape index (κ2) is 10.1. The van der Waals surface area contributed by atoms with Crippen molar-refractivity contribution in [1.82, 2.24) is 4.72 Å². The standard InChI is InChI=1S/C24H24N2O7S/c1-16(24(28)26-20-9-4-7-17-6-2-3-8-19(17)20)33-23(27)15-25-34(29,30)18-10-11-21-22(14-18)32-13-5-12-31-21/h2-4,6-11,14,16,25H,5,12-13,15H2,1H3,(H,26,28). The van der Waals surface area contributed by atoms with Gasteiger partial charge in [-0.25, -0.2) is 8.42 Å². The van der Waals surface area contributed by atoms with E-state index >= 15 is 0 Å². The van der Waals surface area contributed by atoms with Gasteiger partial charge in [0.15, 0.2) is 17.6 Å². The number of carbonyl (C=O) groups is 2. The lowest BCUT2D eigenvalue weighted by molar-refractivity contribution is -0.151. The molecule has 2 N–H and O–H groups in total. The summed E-state index contributed by atoms with van der Waals surface area (Å²) in [7, 11) is -4.02. The molecule has 1 aliphatic rings. The van der Waals surface area contributed by atoms with Crippen molar-refractivity contribution >= 4 is 38.4 Å². The quantitative estimate of drug-likeness (QED) is 0.495. The molecule has 4 rings (SSSR count). The molecule has 3 aromatic carbocycles. The first-order valence-corrected chi connectivity index (χ1v) is 12.2. The van der Waals surface area contributed by atoms with Crippen LogP contribution in [0.2, 0.25) is 0 Å². The number of anilines is 1. The third-order valence-electron chi connectivity index (χ3n) is 5.16. The number of carbonyl (C=O) groups excluding carboxylic acids is 2. The second-order valence-corrected chi connectivity index (χ2v) is 9.40. The molecule has 0 saturated carbocycles. The number of ether oxygens (including phenoxy) is 3. The number of benzene rings is 3. The molecule has 1 unspecified atom stereocenters. The molecule has 0 saturated heterocycles. The maximum Gasteiger partial charge on any atom is 0.321 e. The van der Waals surface area contributed by atoms with Crippen LogP contribution >= 0.6 is 0 Å². The molecule has 0 aliphatic carbocycles. The summed E-state index contributed by atoms with van der Waals surface area (Å²) >= 11 is 0. The van der Waals surface area contributed by atoms with Crippen molar-refractivity contribution in [2.75, 3.05) is 25.1 Å². The molecule has 0 aromatic heterocycles. The zero-order chi connectivity index (χ0) is 24.1. The van der Waals surface area contributed by atoms with Crippen LogP contribution in [0.5, 0.6) is 11.5 Å². The Morgan fingerprint density at radius 2 is 1.74 bits per heavy atom. The molecular weight excluding hydrogens is 460 g/mol. The largest absolute Gasteiger partial charge is 0.490 e. The predicted molar refractivity (Wildman–Crippen MR) is 125 cm³/mol. The molecule has 1 amide bonds. The van der Waals surface area contributed by atoms with Gasteiger partial charge in [-0.2, -0.15) is 4.72 Å². The number of amides is 1. The van der Waals surface area contributed by atoms with Gasteiger partial charge in [-0.1, -0.05) is 36.4 Å². The summed E-state index contributed by atoms with van der Waals surface area (Å²) in [6.45, 7) is 1.67. The summed E-state index contributed by atoms with van der Waals surface area (Å²) in [6.07, 6.45) is -0.443. The van der Waals surface area contributed by atoms with Crippen LogP contribution in [0.25, 0.3) is 10.8 Å². The Balaban J connectivity index is 1.34. The van der Waals surface area contributed by atoms with Gasteiger partial charge in [-0.05, 0) is 30.5 Å². The number of hydrogen-bond donors (Lipinski definition) is 2. The summed E-state index contributed by atoms with van der Waals surface area (Å²) in [4.78, 5) is 24.7. The topological polar surface area (TPSA) is 120 Å². The Morgan fingerprint density at radius 3 is 2.56 bits per heavy atom. The molecule has 0 bridgehead atoms. The molecule has 1 heterocycles. The van der Waals surface area contributed by atoms with Crippen LogP contribution in [0.4, 0.5) is 5.69 Å². The average molecular weight is 485 g/mol. The van der Waals surface area contributed by atoms with Gasteiger partial charge in [0.25, 0.3) is 5.91 Å². The molecule has 1 aliphatic heterocycles.